The van der Waals surface area contributed by atoms with Crippen molar-refractivity contribution in [3.8, 4) is 5.75 Å². The molecule has 1 aromatic heterocycles. The SMILES string of the molecule is COc1ccc(CC(NN)c2ncccc2Cl)cc1F. The minimum Gasteiger partial charge on any atom is -0.494 e. The molecular formula is C14H15ClFN3O. The molecule has 106 valence electrons. The molecule has 2 aromatic rings. The first-order chi connectivity index (χ1) is 9.65. The van der Waals surface area contributed by atoms with Crippen molar-refractivity contribution in [2.75, 3.05) is 7.11 Å². The number of pyridine rings is 1. The fraction of sp³-hybridized carbons (Fsp3) is 0.214. The average Bonchev–Trinajstić information content (AvgIpc) is 2.46. The van der Waals surface area contributed by atoms with Gasteiger partial charge in [0.1, 0.15) is 0 Å². The summed E-state index contributed by atoms with van der Waals surface area (Å²) >= 11 is 6.09. The summed E-state index contributed by atoms with van der Waals surface area (Å²) in [5.41, 5.74) is 4.06. The van der Waals surface area contributed by atoms with E-state index in [9.17, 15) is 4.39 Å². The minimum atomic E-state index is -0.409. The van der Waals surface area contributed by atoms with Gasteiger partial charge in [0.2, 0.25) is 0 Å². The van der Waals surface area contributed by atoms with Crippen LogP contribution >= 0.6 is 11.6 Å². The van der Waals surface area contributed by atoms with Crippen molar-refractivity contribution in [2.45, 2.75) is 12.5 Å². The summed E-state index contributed by atoms with van der Waals surface area (Å²) < 4.78 is 18.6. The van der Waals surface area contributed by atoms with E-state index >= 15 is 0 Å². The van der Waals surface area contributed by atoms with Gasteiger partial charge in [0.15, 0.2) is 11.6 Å². The molecular weight excluding hydrogens is 281 g/mol. The maximum absolute atomic E-state index is 13.7. The molecule has 20 heavy (non-hydrogen) atoms. The molecule has 0 saturated heterocycles. The number of aromatic nitrogens is 1. The number of nitrogens with two attached hydrogens (primary N) is 1. The number of ether oxygens (including phenoxy) is 1. The van der Waals surface area contributed by atoms with Gasteiger partial charge in [-0.1, -0.05) is 17.7 Å². The smallest absolute Gasteiger partial charge is 0.165 e. The fourth-order valence-corrected chi connectivity index (χ4v) is 2.21. The molecule has 6 heteroatoms. The van der Waals surface area contributed by atoms with Crippen molar-refractivity contribution in [1.82, 2.24) is 10.4 Å². The molecule has 3 N–H and O–H groups in total. The van der Waals surface area contributed by atoms with Gasteiger partial charge in [-0.05, 0) is 36.2 Å². The van der Waals surface area contributed by atoms with Gasteiger partial charge in [-0.25, -0.2) is 4.39 Å². The summed E-state index contributed by atoms with van der Waals surface area (Å²) in [5, 5.41) is 0.518. The highest BCUT2D eigenvalue weighted by atomic mass is 35.5. The lowest BCUT2D eigenvalue weighted by molar-refractivity contribution is 0.386. The van der Waals surface area contributed by atoms with Gasteiger partial charge in [-0.3, -0.25) is 16.3 Å². The molecule has 1 heterocycles. The molecule has 0 saturated carbocycles. The van der Waals surface area contributed by atoms with E-state index in [-0.39, 0.29) is 11.8 Å². The molecule has 4 nitrogen and oxygen atoms in total. The Balaban J connectivity index is 2.23. The summed E-state index contributed by atoms with van der Waals surface area (Å²) in [4.78, 5) is 4.21. The summed E-state index contributed by atoms with van der Waals surface area (Å²) in [5.74, 6) is 5.35. The van der Waals surface area contributed by atoms with Crippen molar-refractivity contribution >= 4 is 11.6 Å². The number of nitrogens with zero attached hydrogens (tertiary/aromatic N) is 1. The van der Waals surface area contributed by atoms with E-state index in [1.807, 2.05) is 0 Å². The quantitative estimate of drug-likeness (QED) is 0.657. The number of benzene rings is 1. The Bertz CT molecular complexity index is 594. The highest BCUT2D eigenvalue weighted by Gasteiger charge is 2.16. The predicted molar refractivity (Wildman–Crippen MR) is 76.0 cm³/mol. The molecule has 0 bridgehead atoms. The first-order valence-electron chi connectivity index (χ1n) is 6.04. The van der Waals surface area contributed by atoms with Crippen LogP contribution in [-0.2, 0) is 6.42 Å². The Labute approximate surface area is 121 Å². The van der Waals surface area contributed by atoms with E-state index < -0.39 is 5.82 Å². The van der Waals surface area contributed by atoms with E-state index in [1.165, 1.54) is 13.2 Å². The first kappa shape index (κ1) is 14.7. The fourth-order valence-electron chi connectivity index (χ4n) is 1.96. The second-order valence-corrected chi connectivity index (χ2v) is 4.67. The van der Waals surface area contributed by atoms with Crippen LogP contribution in [0.3, 0.4) is 0 Å². The van der Waals surface area contributed by atoms with Gasteiger partial charge < -0.3 is 4.74 Å². The number of methoxy groups -OCH3 is 1. The van der Waals surface area contributed by atoms with Crippen LogP contribution in [0.15, 0.2) is 36.5 Å². The molecule has 0 amide bonds. The van der Waals surface area contributed by atoms with Crippen molar-refractivity contribution in [3.63, 3.8) is 0 Å². The molecule has 2 rings (SSSR count). The predicted octanol–water partition coefficient (Wildman–Crippen LogP) is 2.63. The van der Waals surface area contributed by atoms with Crippen LogP contribution in [0.4, 0.5) is 4.39 Å². The lowest BCUT2D eigenvalue weighted by Crippen LogP contribution is -2.30. The third-order valence-electron chi connectivity index (χ3n) is 2.97. The van der Waals surface area contributed by atoms with Crippen LogP contribution in [0.5, 0.6) is 5.75 Å². The zero-order valence-electron chi connectivity index (χ0n) is 10.9. The van der Waals surface area contributed by atoms with Gasteiger partial charge in [0.05, 0.1) is 23.9 Å². The number of hydrogen-bond acceptors (Lipinski definition) is 4. The third-order valence-corrected chi connectivity index (χ3v) is 3.29. The summed E-state index contributed by atoms with van der Waals surface area (Å²) in [6.45, 7) is 0. The first-order valence-corrected chi connectivity index (χ1v) is 6.42. The molecule has 1 atom stereocenters. The third kappa shape index (κ3) is 3.25. The molecule has 0 aliphatic carbocycles. The van der Waals surface area contributed by atoms with Crippen LogP contribution < -0.4 is 16.0 Å². The largest absolute Gasteiger partial charge is 0.494 e. The second kappa shape index (κ2) is 6.65. The normalized spacial score (nSPS) is 12.2. The summed E-state index contributed by atoms with van der Waals surface area (Å²) in [6, 6.07) is 7.97. The molecule has 0 fully saturated rings. The van der Waals surface area contributed by atoms with Gasteiger partial charge in [0.25, 0.3) is 0 Å². The molecule has 1 aromatic carbocycles. The van der Waals surface area contributed by atoms with Crippen molar-refractivity contribution in [1.29, 1.82) is 0 Å². The number of hydrazine groups is 1. The van der Waals surface area contributed by atoms with Gasteiger partial charge in [-0.15, -0.1) is 0 Å². The standard InChI is InChI=1S/C14H15ClFN3O/c1-20-13-5-4-9(7-11(13)16)8-12(19-17)14-10(15)3-2-6-18-14/h2-7,12,19H,8,17H2,1H3. The number of hydrogen-bond donors (Lipinski definition) is 2. The number of halogens is 2. The Morgan fingerprint density at radius 1 is 1.45 bits per heavy atom. The highest BCUT2D eigenvalue weighted by Crippen LogP contribution is 2.25. The maximum Gasteiger partial charge on any atom is 0.165 e. The van der Waals surface area contributed by atoms with E-state index in [4.69, 9.17) is 22.2 Å². The van der Waals surface area contributed by atoms with E-state index in [0.29, 0.717) is 17.1 Å². The Morgan fingerprint density at radius 3 is 2.85 bits per heavy atom. The van der Waals surface area contributed by atoms with Crippen molar-refractivity contribution < 1.29 is 9.13 Å². The lowest BCUT2D eigenvalue weighted by atomic mass is 10.0. The van der Waals surface area contributed by atoms with Crippen LogP contribution in [0.25, 0.3) is 0 Å². The zero-order valence-corrected chi connectivity index (χ0v) is 11.7. The van der Waals surface area contributed by atoms with Gasteiger partial charge >= 0.3 is 0 Å². The highest BCUT2D eigenvalue weighted by molar-refractivity contribution is 6.31. The van der Waals surface area contributed by atoms with Crippen molar-refractivity contribution in [2.24, 2.45) is 5.84 Å². The maximum atomic E-state index is 13.7. The molecule has 1 unspecified atom stereocenters. The monoisotopic (exact) mass is 295 g/mol. The Hall–Kier alpha value is -1.69. The average molecular weight is 296 g/mol. The second-order valence-electron chi connectivity index (χ2n) is 4.26. The van der Waals surface area contributed by atoms with Gasteiger partial charge in [-0.2, -0.15) is 0 Å². The number of nitrogens with one attached hydrogen (secondary N) is 1. The Kier molecular flexibility index (Phi) is 4.89. The van der Waals surface area contributed by atoms with Crippen LogP contribution in [0.1, 0.15) is 17.3 Å². The molecule has 0 aliphatic heterocycles. The molecule has 0 aliphatic rings. The Morgan fingerprint density at radius 2 is 2.25 bits per heavy atom. The van der Waals surface area contributed by atoms with Crippen LogP contribution in [0, 0.1) is 5.82 Å². The minimum absolute atomic E-state index is 0.210. The summed E-state index contributed by atoms with van der Waals surface area (Å²) in [6.07, 6.45) is 2.11. The topological polar surface area (TPSA) is 60.2 Å². The van der Waals surface area contributed by atoms with E-state index in [0.717, 1.165) is 5.56 Å². The van der Waals surface area contributed by atoms with E-state index in [1.54, 1.807) is 30.5 Å². The van der Waals surface area contributed by atoms with Crippen LogP contribution in [0.2, 0.25) is 5.02 Å². The van der Waals surface area contributed by atoms with E-state index in [2.05, 4.69) is 10.4 Å². The number of rotatable bonds is 5. The van der Waals surface area contributed by atoms with Gasteiger partial charge in [0, 0.05) is 6.20 Å². The summed E-state index contributed by atoms with van der Waals surface area (Å²) in [7, 11) is 1.43. The van der Waals surface area contributed by atoms with Crippen LogP contribution in [-0.4, -0.2) is 12.1 Å². The zero-order chi connectivity index (χ0) is 14.5. The van der Waals surface area contributed by atoms with Crippen molar-refractivity contribution in [3.05, 3.63) is 58.6 Å². The molecule has 0 radical (unpaired) electrons. The lowest BCUT2D eigenvalue weighted by Gasteiger charge is -2.17. The molecule has 0 spiro atoms.